The molecule has 0 unspecified atom stereocenters. The summed E-state index contributed by atoms with van der Waals surface area (Å²) in [5, 5.41) is 0. The van der Waals surface area contributed by atoms with Gasteiger partial charge < -0.3 is 4.74 Å². The highest BCUT2D eigenvalue weighted by molar-refractivity contribution is 5.89. The van der Waals surface area contributed by atoms with E-state index >= 15 is 0 Å². The molecule has 29 heavy (non-hydrogen) atoms. The monoisotopic (exact) mass is 395 g/mol. The Morgan fingerprint density at radius 3 is 2.69 bits per heavy atom. The van der Waals surface area contributed by atoms with Crippen LogP contribution >= 0.6 is 0 Å². The number of pyridine rings is 1. The zero-order valence-corrected chi connectivity index (χ0v) is 17.7. The lowest BCUT2D eigenvalue weighted by Crippen LogP contribution is -2.54. The Labute approximate surface area is 173 Å². The summed E-state index contributed by atoms with van der Waals surface area (Å²) in [6.45, 7) is 4.86. The number of ketones is 1. The molecule has 0 bridgehead atoms. The van der Waals surface area contributed by atoms with E-state index in [1.165, 1.54) is 25.7 Å². The zero-order valence-electron chi connectivity index (χ0n) is 17.7. The average Bonchev–Trinajstić information content (AvgIpc) is 3.05. The van der Waals surface area contributed by atoms with E-state index in [1.807, 2.05) is 0 Å². The van der Waals surface area contributed by atoms with Crippen molar-refractivity contribution in [2.45, 2.75) is 77.7 Å². The van der Waals surface area contributed by atoms with Crippen molar-refractivity contribution in [2.75, 3.05) is 0 Å². The molecular weight excluding hydrogens is 362 g/mol. The molecule has 0 N–H and O–H groups in total. The average molecular weight is 396 g/mol. The lowest BCUT2D eigenvalue weighted by atomic mass is 9.45. The third-order valence-electron chi connectivity index (χ3n) is 9.54. The molecule has 0 aliphatic heterocycles. The molecule has 0 spiro atoms. The topological polar surface area (TPSA) is 56.3 Å². The van der Waals surface area contributed by atoms with Gasteiger partial charge in [0, 0.05) is 30.7 Å². The molecule has 5 rings (SSSR count). The lowest BCUT2D eigenvalue weighted by molar-refractivity contribution is -0.142. The van der Waals surface area contributed by atoms with Gasteiger partial charge in [-0.05, 0) is 86.2 Å². The predicted octanol–water partition coefficient (Wildman–Crippen LogP) is 5.22. The van der Waals surface area contributed by atoms with Gasteiger partial charge in [0.25, 0.3) is 0 Å². The van der Waals surface area contributed by atoms with Crippen molar-refractivity contribution in [3.05, 3.63) is 30.1 Å². The fourth-order valence-corrected chi connectivity index (χ4v) is 7.87. The smallest absolute Gasteiger partial charge is 0.339 e. The number of carbonyl (C=O) groups is 2. The first kappa shape index (κ1) is 19.3. The van der Waals surface area contributed by atoms with E-state index in [4.69, 9.17) is 4.74 Å². The maximum Gasteiger partial charge on any atom is 0.339 e. The summed E-state index contributed by atoms with van der Waals surface area (Å²) in [5.41, 5.74) is 0.975. The standard InChI is InChI=1S/C25H33NO3/c1-24-11-9-18(27)14-17(24)5-6-19-20-7-8-22(25(20,2)12-10-21(19)24)29-23(28)16-4-3-13-26-15-16/h3-4,13,15,17,19-22H,5-12,14H2,1-2H3/t17-,19-,20-,21-,22-,24-,25-/m0/s1. The zero-order chi connectivity index (χ0) is 20.2. The van der Waals surface area contributed by atoms with Crippen LogP contribution < -0.4 is 0 Å². The van der Waals surface area contributed by atoms with Crippen LogP contribution in [0.1, 0.15) is 82.0 Å². The number of rotatable bonds is 2. The van der Waals surface area contributed by atoms with Crippen molar-refractivity contribution in [2.24, 2.45) is 34.5 Å². The molecule has 1 aromatic rings. The number of hydrogen-bond donors (Lipinski definition) is 0. The van der Waals surface area contributed by atoms with Gasteiger partial charge in [-0.1, -0.05) is 13.8 Å². The van der Waals surface area contributed by atoms with Crippen LogP contribution in [0.3, 0.4) is 0 Å². The van der Waals surface area contributed by atoms with Crippen LogP contribution in [0.25, 0.3) is 0 Å². The number of Topliss-reactive ketones (excluding diaryl/α,β-unsaturated/α-hetero) is 1. The molecule has 4 aliphatic rings. The van der Waals surface area contributed by atoms with E-state index < -0.39 is 0 Å². The number of aromatic nitrogens is 1. The summed E-state index contributed by atoms with van der Waals surface area (Å²) in [6.07, 6.45) is 12.9. The Morgan fingerprint density at radius 1 is 1.07 bits per heavy atom. The molecule has 7 atom stereocenters. The number of esters is 1. The summed E-state index contributed by atoms with van der Waals surface area (Å²) in [7, 11) is 0. The van der Waals surface area contributed by atoms with Crippen molar-refractivity contribution in [1.82, 2.24) is 4.98 Å². The quantitative estimate of drug-likeness (QED) is 0.644. The fourth-order valence-electron chi connectivity index (χ4n) is 7.87. The lowest BCUT2D eigenvalue weighted by Gasteiger charge is -2.60. The van der Waals surface area contributed by atoms with E-state index in [0.29, 0.717) is 28.6 Å². The Balaban J connectivity index is 1.34. The Bertz CT molecular complexity index is 808. The van der Waals surface area contributed by atoms with Crippen LogP contribution in [0.5, 0.6) is 0 Å². The highest BCUT2D eigenvalue weighted by atomic mass is 16.5. The number of hydrogen-bond acceptors (Lipinski definition) is 4. The molecule has 0 aromatic carbocycles. The number of fused-ring (bicyclic) bond motifs is 5. The first-order valence-electron chi connectivity index (χ1n) is 11.5. The molecule has 1 aromatic heterocycles. The maximum atomic E-state index is 12.7. The molecule has 1 heterocycles. The van der Waals surface area contributed by atoms with Crippen LogP contribution in [-0.4, -0.2) is 22.8 Å². The van der Waals surface area contributed by atoms with E-state index in [1.54, 1.807) is 24.5 Å². The molecule has 4 fully saturated rings. The minimum atomic E-state index is -0.228. The number of nitrogens with zero attached hydrogens (tertiary/aromatic N) is 1. The number of ether oxygens (including phenoxy) is 1. The van der Waals surface area contributed by atoms with Gasteiger partial charge in [0.05, 0.1) is 5.56 Å². The summed E-state index contributed by atoms with van der Waals surface area (Å²) in [4.78, 5) is 28.8. The van der Waals surface area contributed by atoms with Crippen LogP contribution in [0.15, 0.2) is 24.5 Å². The molecule has 0 radical (unpaired) electrons. The SMILES string of the molecule is C[C@]12CCC(=O)C[C@@H]1CC[C@@H]1[C@@H]2CC[C@]2(C)[C@@H](OC(=O)c3cccnc3)CC[C@@H]12. The van der Waals surface area contributed by atoms with E-state index in [9.17, 15) is 9.59 Å². The van der Waals surface area contributed by atoms with Crippen LogP contribution in [-0.2, 0) is 9.53 Å². The summed E-state index contributed by atoms with van der Waals surface area (Å²) < 4.78 is 6.07. The minimum Gasteiger partial charge on any atom is -0.458 e. The second-order valence-corrected chi connectivity index (χ2v) is 10.7. The van der Waals surface area contributed by atoms with Gasteiger partial charge >= 0.3 is 5.97 Å². The van der Waals surface area contributed by atoms with Gasteiger partial charge in [-0.15, -0.1) is 0 Å². The van der Waals surface area contributed by atoms with E-state index in [-0.39, 0.29) is 17.5 Å². The molecule has 4 nitrogen and oxygen atoms in total. The van der Waals surface area contributed by atoms with Gasteiger partial charge in [-0.2, -0.15) is 0 Å². The molecule has 4 aliphatic carbocycles. The van der Waals surface area contributed by atoms with Gasteiger partial charge in [0.15, 0.2) is 0 Å². The first-order valence-corrected chi connectivity index (χ1v) is 11.5. The van der Waals surface area contributed by atoms with Gasteiger partial charge in [-0.25, -0.2) is 4.79 Å². The van der Waals surface area contributed by atoms with Gasteiger partial charge in [0.1, 0.15) is 11.9 Å². The normalized spacial score (nSPS) is 43.8. The molecular formula is C25H33NO3. The summed E-state index contributed by atoms with van der Waals surface area (Å²) in [5.74, 6) is 2.95. The molecule has 0 amide bonds. The van der Waals surface area contributed by atoms with Crippen molar-refractivity contribution in [3.8, 4) is 0 Å². The Hall–Kier alpha value is -1.71. The van der Waals surface area contributed by atoms with Crippen molar-refractivity contribution >= 4 is 11.8 Å². The molecule has 0 saturated heterocycles. The van der Waals surface area contributed by atoms with Crippen LogP contribution in [0, 0.1) is 34.5 Å². The minimum absolute atomic E-state index is 0.0135. The largest absolute Gasteiger partial charge is 0.458 e. The Kier molecular flexibility index (Phi) is 4.60. The van der Waals surface area contributed by atoms with Gasteiger partial charge in [-0.3, -0.25) is 9.78 Å². The summed E-state index contributed by atoms with van der Waals surface area (Å²) >= 11 is 0. The molecule has 4 saturated carbocycles. The predicted molar refractivity (Wildman–Crippen MR) is 110 cm³/mol. The van der Waals surface area contributed by atoms with Crippen molar-refractivity contribution < 1.29 is 14.3 Å². The van der Waals surface area contributed by atoms with E-state index in [0.717, 1.165) is 43.9 Å². The fraction of sp³-hybridized carbons (Fsp3) is 0.720. The number of carbonyl (C=O) groups excluding carboxylic acids is 2. The Morgan fingerprint density at radius 2 is 1.90 bits per heavy atom. The van der Waals surface area contributed by atoms with Crippen molar-refractivity contribution in [1.29, 1.82) is 0 Å². The van der Waals surface area contributed by atoms with E-state index in [2.05, 4.69) is 18.8 Å². The highest BCUT2D eigenvalue weighted by Gasteiger charge is 2.61. The highest BCUT2D eigenvalue weighted by Crippen LogP contribution is 2.66. The first-order chi connectivity index (χ1) is 13.9. The second-order valence-electron chi connectivity index (χ2n) is 10.7. The van der Waals surface area contributed by atoms with Gasteiger partial charge in [0.2, 0.25) is 0 Å². The van der Waals surface area contributed by atoms with Crippen LogP contribution in [0.4, 0.5) is 0 Å². The second kappa shape index (κ2) is 6.92. The third-order valence-corrected chi connectivity index (χ3v) is 9.54. The molecule has 156 valence electrons. The third kappa shape index (κ3) is 2.97. The molecule has 4 heteroatoms. The summed E-state index contributed by atoms with van der Waals surface area (Å²) in [6, 6.07) is 3.57. The van der Waals surface area contributed by atoms with Crippen LogP contribution in [0.2, 0.25) is 0 Å². The maximum absolute atomic E-state index is 12.7. The van der Waals surface area contributed by atoms with Crippen molar-refractivity contribution in [3.63, 3.8) is 0 Å².